The van der Waals surface area contributed by atoms with Gasteiger partial charge in [0.2, 0.25) is 0 Å². The van der Waals surface area contributed by atoms with Gasteiger partial charge in [0.15, 0.2) is 0 Å². The molecule has 0 aliphatic carbocycles. The fourth-order valence-electron chi connectivity index (χ4n) is 3.13. The van der Waals surface area contributed by atoms with Crippen LogP contribution in [0, 0.1) is 0 Å². The van der Waals surface area contributed by atoms with Gasteiger partial charge in [0, 0.05) is 34.7 Å². The third-order valence-electron chi connectivity index (χ3n) is 4.53. The number of nitrogens with zero attached hydrogens (tertiary/aromatic N) is 2. The third kappa shape index (κ3) is 3.65. The van der Waals surface area contributed by atoms with Crippen molar-refractivity contribution in [3.63, 3.8) is 0 Å². The molecule has 2 heterocycles. The predicted molar refractivity (Wildman–Crippen MR) is 111 cm³/mol. The highest BCUT2D eigenvalue weighted by Crippen LogP contribution is 2.32. The summed E-state index contributed by atoms with van der Waals surface area (Å²) in [4.78, 5) is 18.6. The van der Waals surface area contributed by atoms with E-state index < -0.39 is 10.0 Å². The molecule has 28 heavy (non-hydrogen) atoms. The molecule has 0 fully saturated rings. The first-order valence-corrected chi connectivity index (χ1v) is 10.8. The standard InChI is InChI=1S/C20H16BrN3O3S/c21-16-2-5-18(6-3-16)28(26,27)23-17-4-1-14-9-12-24(19(14)13-17)20(25)15-7-10-22-11-8-15/h1-8,10-11,13,23H,9,12H2. The van der Waals surface area contributed by atoms with Crippen LogP contribution in [0.3, 0.4) is 0 Å². The summed E-state index contributed by atoms with van der Waals surface area (Å²) in [6.07, 6.45) is 3.88. The fourth-order valence-corrected chi connectivity index (χ4v) is 4.45. The van der Waals surface area contributed by atoms with Gasteiger partial charge in [0.05, 0.1) is 10.6 Å². The number of hydrogen-bond donors (Lipinski definition) is 1. The molecule has 4 rings (SSSR count). The number of nitrogens with one attached hydrogen (secondary N) is 1. The second kappa shape index (κ2) is 7.37. The van der Waals surface area contributed by atoms with Gasteiger partial charge in [0.1, 0.15) is 0 Å². The van der Waals surface area contributed by atoms with Crippen LogP contribution < -0.4 is 9.62 Å². The number of halogens is 1. The lowest BCUT2D eigenvalue weighted by molar-refractivity contribution is 0.0989. The maximum atomic E-state index is 12.8. The van der Waals surface area contributed by atoms with Crippen molar-refractivity contribution in [2.24, 2.45) is 0 Å². The molecule has 3 aromatic rings. The average Bonchev–Trinajstić information content (AvgIpc) is 3.11. The van der Waals surface area contributed by atoms with E-state index in [1.165, 1.54) is 12.1 Å². The van der Waals surface area contributed by atoms with Crippen LogP contribution in [-0.2, 0) is 16.4 Å². The SMILES string of the molecule is O=C(c1ccncc1)N1CCc2ccc(NS(=O)(=O)c3ccc(Br)cc3)cc21. The van der Waals surface area contributed by atoms with Gasteiger partial charge in [-0.3, -0.25) is 14.5 Å². The summed E-state index contributed by atoms with van der Waals surface area (Å²) in [5.74, 6) is -0.130. The number of carbonyl (C=O) groups is 1. The molecule has 0 saturated heterocycles. The van der Waals surface area contributed by atoms with Crippen molar-refractivity contribution in [1.29, 1.82) is 0 Å². The number of amides is 1. The van der Waals surface area contributed by atoms with E-state index in [2.05, 4.69) is 25.6 Å². The predicted octanol–water partition coefficient (Wildman–Crippen LogP) is 3.85. The van der Waals surface area contributed by atoms with Gasteiger partial charge >= 0.3 is 0 Å². The minimum Gasteiger partial charge on any atom is -0.308 e. The second-order valence-electron chi connectivity index (χ2n) is 6.35. The molecule has 1 aliphatic rings. The maximum Gasteiger partial charge on any atom is 0.261 e. The molecule has 8 heteroatoms. The molecule has 0 spiro atoms. The molecule has 1 aromatic heterocycles. The van der Waals surface area contributed by atoms with Gasteiger partial charge in [-0.15, -0.1) is 0 Å². The molecule has 0 saturated carbocycles. The minimum atomic E-state index is -3.72. The molecular weight excluding hydrogens is 442 g/mol. The highest BCUT2D eigenvalue weighted by atomic mass is 79.9. The first kappa shape index (κ1) is 18.6. The van der Waals surface area contributed by atoms with Crippen molar-refractivity contribution in [2.45, 2.75) is 11.3 Å². The van der Waals surface area contributed by atoms with Crippen LogP contribution in [0.15, 0.2) is 76.4 Å². The Hall–Kier alpha value is -2.71. The van der Waals surface area contributed by atoms with Crippen LogP contribution in [0.4, 0.5) is 11.4 Å². The number of hydrogen-bond acceptors (Lipinski definition) is 4. The zero-order chi connectivity index (χ0) is 19.7. The lowest BCUT2D eigenvalue weighted by Crippen LogP contribution is -2.28. The summed E-state index contributed by atoms with van der Waals surface area (Å²) in [7, 11) is -3.72. The van der Waals surface area contributed by atoms with E-state index in [0.717, 1.165) is 22.1 Å². The number of aromatic nitrogens is 1. The van der Waals surface area contributed by atoms with E-state index in [-0.39, 0.29) is 10.8 Å². The lowest BCUT2D eigenvalue weighted by Gasteiger charge is -2.18. The van der Waals surface area contributed by atoms with Gasteiger partial charge in [-0.25, -0.2) is 8.42 Å². The van der Waals surface area contributed by atoms with Crippen LogP contribution in [-0.4, -0.2) is 25.9 Å². The molecule has 1 N–H and O–H groups in total. The monoisotopic (exact) mass is 457 g/mol. The first-order chi connectivity index (χ1) is 13.4. The molecule has 1 amide bonds. The van der Waals surface area contributed by atoms with Gasteiger partial charge in [-0.05, 0) is 60.5 Å². The van der Waals surface area contributed by atoms with Crippen molar-refractivity contribution in [3.8, 4) is 0 Å². The van der Waals surface area contributed by atoms with E-state index in [4.69, 9.17) is 0 Å². The van der Waals surface area contributed by atoms with Crippen LogP contribution in [0.5, 0.6) is 0 Å². The topological polar surface area (TPSA) is 79.4 Å². The molecule has 0 unspecified atom stereocenters. The number of sulfonamides is 1. The summed E-state index contributed by atoms with van der Waals surface area (Å²) in [6.45, 7) is 0.555. The Kier molecular flexibility index (Phi) is 4.91. The highest BCUT2D eigenvalue weighted by Gasteiger charge is 2.26. The van der Waals surface area contributed by atoms with Gasteiger partial charge < -0.3 is 4.90 Å². The minimum absolute atomic E-state index is 0.130. The summed E-state index contributed by atoms with van der Waals surface area (Å²) in [6, 6.07) is 15.0. The normalized spacial score (nSPS) is 13.2. The smallest absolute Gasteiger partial charge is 0.261 e. The zero-order valence-electron chi connectivity index (χ0n) is 14.7. The van der Waals surface area contributed by atoms with Crippen molar-refractivity contribution in [2.75, 3.05) is 16.2 Å². The molecular formula is C20H16BrN3O3S. The largest absolute Gasteiger partial charge is 0.308 e. The Bertz CT molecular complexity index is 1130. The molecule has 0 atom stereocenters. The van der Waals surface area contributed by atoms with E-state index in [9.17, 15) is 13.2 Å². The summed E-state index contributed by atoms with van der Waals surface area (Å²) in [5.41, 5.74) is 2.69. The average molecular weight is 458 g/mol. The number of benzene rings is 2. The zero-order valence-corrected chi connectivity index (χ0v) is 17.1. The summed E-state index contributed by atoms with van der Waals surface area (Å²) >= 11 is 3.30. The quantitative estimate of drug-likeness (QED) is 0.644. The number of anilines is 2. The Balaban J connectivity index is 1.62. The van der Waals surface area contributed by atoms with E-state index in [0.29, 0.717) is 17.8 Å². The highest BCUT2D eigenvalue weighted by molar-refractivity contribution is 9.10. The maximum absolute atomic E-state index is 12.8. The van der Waals surface area contributed by atoms with Crippen LogP contribution in [0.1, 0.15) is 15.9 Å². The Morgan fingerprint density at radius 2 is 1.75 bits per heavy atom. The van der Waals surface area contributed by atoms with Crippen LogP contribution >= 0.6 is 15.9 Å². The number of rotatable bonds is 4. The van der Waals surface area contributed by atoms with Gasteiger partial charge in [-0.1, -0.05) is 22.0 Å². The van der Waals surface area contributed by atoms with Gasteiger partial charge in [0.25, 0.3) is 15.9 Å². The number of carbonyl (C=O) groups excluding carboxylic acids is 1. The Morgan fingerprint density at radius 3 is 2.46 bits per heavy atom. The lowest BCUT2D eigenvalue weighted by atomic mass is 10.1. The van der Waals surface area contributed by atoms with E-state index in [1.54, 1.807) is 53.7 Å². The number of pyridine rings is 1. The first-order valence-electron chi connectivity index (χ1n) is 8.57. The van der Waals surface area contributed by atoms with Crippen molar-refractivity contribution >= 4 is 43.2 Å². The summed E-state index contributed by atoms with van der Waals surface area (Å²) in [5, 5.41) is 0. The van der Waals surface area contributed by atoms with Crippen molar-refractivity contribution in [1.82, 2.24) is 4.98 Å². The van der Waals surface area contributed by atoms with Crippen LogP contribution in [0.25, 0.3) is 0 Å². The molecule has 2 aromatic carbocycles. The molecule has 142 valence electrons. The van der Waals surface area contributed by atoms with Crippen molar-refractivity contribution in [3.05, 3.63) is 82.6 Å². The molecule has 1 aliphatic heterocycles. The molecule has 0 radical (unpaired) electrons. The molecule has 0 bridgehead atoms. The van der Waals surface area contributed by atoms with Gasteiger partial charge in [-0.2, -0.15) is 0 Å². The van der Waals surface area contributed by atoms with E-state index in [1.807, 2.05) is 6.07 Å². The second-order valence-corrected chi connectivity index (χ2v) is 8.94. The Morgan fingerprint density at radius 1 is 1.04 bits per heavy atom. The summed E-state index contributed by atoms with van der Waals surface area (Å²) < 4.78 is 28.7. The number of fused-ring (bicyclic) bond motifs is 1. The van der Waals surface area contributed by atoms with Crippen molar-refractivity contribution < 1.29 is 13.2 Å². The molecule has 6 nitrogen and oxygen atoms in total. The fraction of sp³-hybridized carbons (Fsp3) is 0.100. The third-order valence-corrected chi connectivity index (χ3v) is 6.46. The Labute approximate surface area is 171 Å². The van der Waals surface area contributed by atoms with Crippen LogP contribution in [0.2, 0.25) is 0 Å². The van der Waals surface area contributed by atoms with E-state index >= 15 is 0 Å².